The zero-order chi connectivity index (χ0) is 17.4. The molecule has 0 amide bonds. The number of hydrogen-bond donors (Lipinski definition) is 0. The summed E-state index contributed by atoms with van der Waals surface area (Å²) in [5.41, 5.74) is -2.00. The van der Waals surface area contributed by atoms with Crippen LogP contribution in [0.15, 0.2) is 41.3 Å². The third-order valence-corrected chi connectivity index (χ3v) is 2.91. The first-order chi connectivity index (χ1) is 10.5. The molecule has 1 aromatic carbocycles. The number of aryl methyl sites for hydroxylation is 1. The average molecular weight is 337 g/mol. The maximum atomic E-state index is 12.9. The predicted octanol–water partition coefficient (Wildman–Crippen LogP) is 4.06. The van der Waals surface area contributed by atoms with E-state index in [9.17, 15) is 31.1 Å². The molecule has 0 N–H and O–H groups in total. The van der Waals surface area contributed by atoms with Gasteiger partial charge in [0.25, 0.3) is 5.56 Å². The zero-order valence-corrected chi connectivity index (χ0v) is 11.5. The van der Waals surface area contributed by atoms with E-state index in [4.69, 9.17) is 0 Å². The first kappa shape index (κ1) is 16.9. The van der Waals surface area contributed by atoms with Crippen LogP contribution in [0.5, 0.6) is 5.75 Å². The van der Waals surface area contributed by atoms with Crippen molar-refractivity contribution in [3.63, 3.8) is 0 Å². The van der Waals surface area contributed by atoms with Crippen molar-refractivity contribution in [1.82, 2.24) is 4.57 Å². The Labute approximate surface area is 125 Å². The Balaban J connectivity index is 2.44. The Morgan fingerprint density at radius 1 is 1.00 bits per heavy atom. The molecule has 124 valence electrons. The molecular formula is C14H9F6NO2. The topological polar surface area (TPSA) is 31.2 Å². The van der Waals surface area contributed by atoms with Gasteiger partial charge in [-0.25, -0.2) is 0 Å². The van der Waals surface area contributed by atoms with Crippen LogP contribution in [0.1, 0.15) is 11.1 Å². The molecule has 2 aromatic rings. The lowest BCUT2D eigenvalue weighted by atomic mass is 10.1. The van der Waals surface area contributed by atoms with E-state index in [2.05, 4.69) is 4.74 Å². The highest BCUT2D eigenvalue weighted by Crippen LogP contribution is 2.31. The highest BCUT2D eigenvalue weighted by molar-refractivity contribution is 5.39. The van der Waals surface area contributed by atoms with E-state index in [1.165, 1.54) is 0 Å². The average Bonchev–Trinajstić information content (AvgIpc) is 2.36. The monoisotopic (exact) mass is 337 g/mol. The van der Waals surface area contributed by atoms with Gasteiger partial charge in [0.05, 0.1) is 5.56 Å². The summed E-state index contributed by atoms with van der Waals surface area (Å²) in [5, 5.41) is 0. The van der Waals surface area contributed by atoms with Gasteiger partial charge < -0.3 is 4.74 Å². The van der Waals surface area contributed by atoms with Gasteiger partial charge in [-0.3, -0.25) is 9.36 Å². The fourth-order valence-corrected chi connectivity index (χ4v) is 1.93. The summed E-state index contributed by atoms with van der Waals surface area (Å²) in [5.74, 6) is -0.544. The van der Waals surface area contributed by atoms with Crippen LogP contribution in [0.4, 0.5) is 26.3 Å². The summed E-state index contributed by atoms with van der Waals surface area (Å²) >= 11 is 0. The first-order valence-electron chi connectivity index (χ1n) is 6.14. The molecule has 0 unspecified atom stereocenters. The number of hydrogen-bond acceptors (Lipinski definition) is 2. The molecule has 23 heavy (non-hydrogen) atoms. The van der Waals surface area contributed by atoms with Crippen LogP contribution in [0.3, 0.4) is 0 Å². The quantitative estimate of drug-likeness (QED) is 0.774. The molecule has 2 rings (SSSR count). The second kappa shape index (κ2) is 5.64. The van der Waals surface area contributed by atoms with Crippen LogP contribution in [0, 0.1) is 6.92 Å². The minimum Gasteiger partial charge on any atom is -0.406 e. The Morgan fingerprint density at radius 3 is 2.04 bits per heavy atom. The molecule has 0 fully saturated rings. The second-order valence-corrected chi connectivity index (χ2v) is 4.62. The normalized spacial score (nSPS) is 12.3. The number of ether oxygens (including phenoxy) is 1. The summed E-state index contributed by atoms with van der Waals surface area (Å²) in [6.07, 6.45) is -8.93. The van der Waals surface area contributed by atoms with Crippen LogP contribution in [-0.4, -0.2) is 10.9 Å². The highest BCUT2D eigenvalue weighted by atomic mass is 19.4. The SMILES string of the molecule is Cc1cc(=O)n(-c2ccc(OC(F)(F)F)cc2)cc1C(F)(F)F. The van der Waals surface area contributed by atoms with Gasteiger partial charge in [-0.05, 0) is 36.8 Å². The van der Waals surface area contributed by atoms with Crippen molar-refractivity contribution in [2.45, 2.75) is 19.5 Å². The number of aromatic nitrogens is 1. The highest BCUT2D eigenvalue weighted by Gasteiger charge is 2.33. The zero-order valence-electron chi connectivity index (χ0n) is 11.5. The van der Waals surface area contributed by atoms with Crippen LogP contribution in [0.2, 0.25) is 0 Å². The van der Waals surface area contributed by atoms with Gasteiger partial charge in [-0.1, -0.05) is 0 Å². The Morgan fingerprint density at radius 2 is 1.57 bits per heavy atom. The third kappa shape index (κ3) is 4.05. The van der Waals surface area contributed by atoms with Crippen molar-refractivity contribution in [3.05, 3.63) is 58.0 Å². The van der Waals surface area contributed by atoms with Crippen LogP contribution in [0.25, 0.3) is 5.69 Å². The van der Waals surface area contributed by atoms with E-state index < -0.39 is 29.4 Å². The summed E-state index contributed by atoms with van der Waals surface area (Å²) in [7, 11) is 0. The summed E-state index contributed by atoms with van der Waals surface area (Å²) in [6.45, 7) is 1.15. The van der Waals surface area contributed by atoms with E-state index in [1.54, 1.807) is 0 Å². The lowest BCUT2D eigenvalue weighted by molar-refractivity contribution is -0.274. The van der Waals surface area contributed by atoms with Crippen molar-refractivity contribution in [3.8, 4) is 11.4 Å². The molecule has 0 aliphatic heterocycles. The van der Waals surface area contributed by atoms with Crippen LogP contribution < -0.4 is 10.3 Å². The van der Waals surface area contributed by atoms with Crippen molar-refractivity contribution < 1.29 is 31.1 Å². The van der Waals surface area contributed by atoms with E-state index >= 15 is 0 Å². The molecule has 1 heterocycles. The number of nitrogens with zero attached hydrogens (tertiary/aromatic N) is 1. The van der Waals surface area contributed by atoms with Gasteiger partial charge in [0.2, 0.25) is 0 Å². The van der Waals surface area contributed by atoms with Gasteiger partial charge in [-0.15, -0.1) is 13.2 Å². The first-order valence-corrected chi connectivity index (χ1v) is 6.14. The number of alkyl halides is 6. The fourth-order valence-electron chi connectivity index (χ4n) is 1.93. The molecule has 1 aromatic heterocycles. The maximum absolute atomic E-state index is 12.9. The minimum atomic E-state index is -4.88. The molecule has 0 atom stereocenters. The molecule has 3 nitrogen and oxygen atoms in total. The van der Waals surface area contributed by atoms with Crippen molar-refractivity contribution in [1.29, 1.82) is 0 Å². The molecule has 0 radical (unpaired) electrons. The predicted molar refractivity (Wildman–Crippen MR) is 68.5 cm³/mol. The molecule has 0 spiro atoms. The lowest BCUT2D eigenvalue weighted by Gasteiger charge is -2.14. The standard InChI is InChI=1S/C14H9F6NO2/c1-8-6-12(22)21(7-11(8)13(15,16)17)9-2-4-10(5-3-9)23-14(18,19)20/h2-7H,1H3. The smallest absolute Gasteiger partial charge is 0.406 e. The van der Waals surface area contributed by atoms with Gasteiger partial charge in [0.15, 0.2) is 0 Å². The Bertz CT molecular complexity index is 759. The molecular weight excluding hydrogens is 328 g/mol. The molecule has 0 saturated carbocycles. The lowest BCUT2D eigenvalue weighted by Crippen LogP contribution is -2.22. The molecule has 9 heteroatoms. The van der Waals surface area contributed by atoms with Crippen LogP contribution in [-0.2, 0) is 6.18 Å². The fraction of sp³-hybridized carbons (Fsp3) is 0.214. The molecule has 0 aliphatic rings. The largest absolute Gasteiger partial charge is 0.573 e. The van der Waals surface area contributed by atoms with Crippen molar-refractivity contribution in [2.75, 3.05) is 0 Å². The molecule has 0 bridgehead atoms. The van der Waals surface area contributed by atoms with Gasteiger partial charge in [0, 0.05) is 18.0 Å². The summed E-state index contributed by atoms with van der Waals surface area (Å²) in [4.78, 5) is 11.8. The molecule has 0 aliphatic carbocycles. The van der Waals surface area contributed by atoms with Crippen LogP contribution >= 0.6 is 0 Å². The maximum Gasteiger partial charge on any atom is 0.573 e. The van der Waals surface area contributed by atoms with Gasteiger partial charge in [0.1, 0.15) is 5.75 Å². The number of pyridine rings is 1. The number of benzene rings is 1. The van der Waals surface area contributed by atoms with E-state index in [0.29, 0.717) is 10.8 Å². The van der Waals surface area contributed by atoms with Crippen molar-refractivity contribution in [2.24, 2.45) is 0 Å². The van der Waals surface area contributed by atoms with Crippen molar-refractivity contribution >= 4 is 0 Å². The second-order valence-electron chi connectivity index (χ2n) is 4.62. The Kier molecular flexibility index (Phi) is 4.14. The van der Waals surface area contributed by atoms with Gasteiger partial charge >= 0.3 is 12.5 Å². The van der Waals surface area contributed by atoms with E-state index in [0.717, 1.165) is 37.3 Å². The number of rotatable bonds is 2. The molecule has 0 saturated heterocycles. The third-order valence-electron chi connectivity index (χ3n) is 2.91. The van der Waals surface area contributed by atoms with Gasteiger partial charge in [-0.2, -0.15) is 13.2 Å². The minimum absolute atomic E-state index is 0.0185. The van der Waals surface area contributed by atoms with E-state index in [1.807, 2.05) is 0 Å². The van der Waals surface area contributed by atoms with E-state index in [-0.39, 0.29) is 11.3 Å². The number of halogens is 6. The summed E-state index contributed by atoms with van der Waals surface area (Å²) in [6, 6.07) is 4.73. The summed E-state index contributed by atoms with van der Waals surface area (Å²) < 4.78 is 79.1. The Hall–Kier alpha value is -2.45.